The van der Waals surface area contributed by atoms with Crippen molar-refractivity contribution in [2.45, 2.75) is 31.7 Å². The smallest absolute Gasteiger partial charge is 0.322 e. The first kappa shape index (κ1) is 15.5. The number of hydrogen-bond acceptors (Lipinski definition) is 4. The second-order valence-electron chi connectivity index (χ2n) is 4.63. The highest BCUT2D eigenvalue weighted by molar-refractivity contribution is 7.89. The number of carbonyl (C=O) groups is 1. The molecule has 0 unspecified atom stereocenters. The lowest BCUT2D eigenvalue weighted by Crippen LogP contribution is -2.44. The summed E-state index contributed by atoms with van der Waals surface area (Å²) in [6.45, 7) is 4.78. The lowest BCUT2D eigenvalue weighted by molar-refractivity contribution is -0.140. The van der Waals surface area contributed by atoms with Crippen LogP contribution >= 0.6 is 0 Å². The minimum absolute atomic E-state index is 0.126. The van der Waals surface area contributed by atoms with E-state index in [9.17, 15) is 18.3 Å². The predicted octanol–water partition coefficient (Wildman–Crippen LogP) is 1.09. The number of nitrogens with one attached hydrogen (secondary N) is 1. The van der Waals surface area contributed by atoms with Gasteiger partial charge in [-0.2, -0.15) is 4.72 Å². The van der Waals surface area contributed by atoms with Gasteiger partial charge in [0.25, 0.3) is 0 Å². The minimum atomic E-state index is -3.99. The van der Waals surface area contributed by atoms with E-state index in [4.69, 9.17) is 5.11 Å². The third kappa shape index (κ3) is 3.68. The number of phenolic OH excluding ortho intramolecular Hbond substituents is 1. The zero-order chi connectivity index (χ0) is 14.8. The highest BCUT2D eigenvalue weighted by atomic mass is 32.2. The number of aromatic hydroxyl groups is 1. The number of rotatable bonds is 5. The van der Waals surface area contributed by atoms with Crippen LogP contribution in [0.2, 0.25) is 0 Å². The molecular formula is C12H17NO5S. The molecule has 0 aliphatic carbocycles. The van der Waals surface area contributed by atoms with Gasteiger partial charge in [0.1, 0.15) is 11.8 Å². The van der Waals surface area contributed by atoms with Crippen LogP contribution in [0.5, 0.6) is 5.75 Å². The summed E-state index contributed by atoms with van der Waals surface area (Å²) in [4.78, 5) is 10.9. The van der Waals surface area contributed by atoms with Crippen LogP contribution < -0.4 is 4.72 Å². The Balaban J connectivity index is 3.17. The molecule has 0 saturated heterocycles. The third-order valence-corrected chi connectivity index (χ3v) is 4.26. The van der Waals surface area contributed by atoms with Gasteiger partial charge >= 0.3 is 5.97 Å². The molecule has 0 aromatic heterocycles. The fourth-order valence-electron chi connectivity index (χ4n) is 1.58. The summed E-state index contributed by atoms with van der Waals surface area (Å²) in [6, 6.07) is 2.70. The monoisotopic (exact) mass is 287 g/mol. The SMILES string of the molecule is Cc1ccc(O)cc1S(=O)(=O)N[C@H](C(=O)O)C(C)C. The largest absolute Gasteiger partial charge is 0.508 e. The zero-order valence-corrected chi connectivity index (χ0v) is 11.7. The molecule has 0 spiro atoms. The highest BCUT2D eigenvalue weighted by Crippen LogP contribution is 2.21. The van der Waals surface area contributed by atoms with Gasteiger partial charge in [0.2, 0.25) is 10.0 Å². The molecule has 19 heavy (non-hydrogen) atoms. The molecule has 1 rings (SSSR count). The van der Waals surface area contributed by atoms with Crippen LogP contribution in [-0.4, -0.2) is 30.6 Å². The van der Waals surface area contributed by atoms with Gasteiger partial charge < -0.3 is 10.2 Å². The van der Waals surface area contributed by atoms with Gasteiger partial charge in [0.05, 0.1) is 4.90 Å². The average Bonchev–Trinajstić information content (AvgIpc) is 2.28. The van der Waals surface area contributed by atoms with E-state index in [2.05, 4.69) is 4.72 Å². The predicted molar refractivity (Wildman–Crippen MR) is 69.4 cm³/mol. The van der Waals surface area contributed by atoms with E-state index in [0.29, 0.717) is 5.56 Å². The van der Waals surface area contributed by atoms with Gasteiger partial charge in [-0.3, -0.25) is 4.79 Å². The van der Waals surface area contributed by atoms with Crippen molar-refractivity contribution in [2.75, 3.05) is 0 Å². The Morgan fingerprint density at radius 3 is 2.37 bits per heavy atom. The summed E-state index contributed by atoms with van der Waals surface area (Å²) in [6.07, 6.45) is 0. The summed E-state index contributed by atoms with van der Waals surface area (Å²) in [7, 11) is -3.99. The summed E-state index contributed by atoms with van der Waals surface area (Å²) in [5.41, 5.74) is 0.429. The quantitative estimate of drug-likeness (QED) is 0.752. The molecule has 0 bridgehead atoms. The normalized spacial score (nSPS) is 13.5. The van der Waals surface area contributed by atoms with Crippen LogP contribution in [0.25, 0.3) is 0 Å². The Labute approximate surface area is 112 Å². The molecule has 0 heterocycles. The van der Waals surface area contributed by atoms with Gasteiger partial charge in [-0.1, -0.05) is 19.9 Å². The van der Waals surface area contributed by atoms with Crippen molar-refractivity contribution in [3.63, 3.8) is 0 Å². The van der Waals surface area contributed by atoms with Crippen molar-refractivity contribution in [1.82, 2.24) is 4.72 Å². The first-order chi connectivity index (χ1) is 8.65. The molecule has 1 atom stereocenters. The Kier molecular flexibility index (Phi) is 4.54. The summed E-state index contributed by atoms with van der Waals surface area (Å²) in [5, 5.41) is 18.3. The Bertz CT molecular complexity index is 580. The van der Waals surface area contributed by atoms with Crippen LogP contribution in [0, 0.1) is 12.8 Å². The van der Waals surface area contributed by atoms with Crippen LogP contribution in [-0.2, 0) is 14.8 Å². The van der Waals surface area contributed by atoms with E-state index in [0.717, 1.165) is 6.07 Å². The van der Waals surface area contributed by atoms with Crippen LogP contribution in [0.3, 0.4) is 0 Å². The topological polar surface area (TPSA) is 104 Å². The first-order valence-electron chi connectivity index (χ1n) is 5.70. The molecule has 7 heteroatoms. The second-order valence-corrected chi connectivity index (χ2v) is 6.31. The van der Waals surface area contributed by atoms with Gasteiger partial charge in [0, 0.05) is 6.07 Å². The van der Waals surface area contributed by atoms with E-state index >= 15 is 0 Å². The summed E-state index contributed by atoms with van der Waals surface area (Å²) in [5.74, 6) is -1.83. The van der Waals surface area contributed by atoms with Crippen molar-refractivity contribution in [3.8, 4) is 5.75 Å². The number of hydrogen-bond donors (Lipinski definition) is 3. The van der Waals surface area contributed by atoms with Gasteiger partial charge in [0.15, 0.2) is 0 Å². The van der Waals surface area contributed by atoms with Crippen LogP contribution in [0.1, 0.15) is 19.4 Å². The van der Waals surface area contributed by atoms with E-state index in [-0.39, 0.29) is 10.6 Å². The fourth-order valence-corrected chi connectivity index (χ4v) is 3.18. The lowest BCUT2D eigenvalue weighted by Gasteiger charge is -2.18. The number of aryl methyl sites for hydroxylation is 1. The maximum atomic E-state index is 12.1. The van der Waals surface area contributed by atoms with Crippen molar-refractivity contribution >= 4 is 16.0 Å². The molecule has 6 nitrogen and oxygen atoms in total. The zero-order valence-electron chi connectivity index (χ0n) is 10.9. The molecule has 0 saturated carbocycles. The summed E-state index contributed by atoms with van der Waals surface area (Å²) < 4.78 is 26.4. The molecule has 1 aromatic carbocycles. The van der Waals surface area contributed by atoms with E-state index in [1.165, 1.54) is 12.1 Å². The van der Waals surface area contributed by atoms with Gasteiger partial charge in [-0.15, -0.1) is 0 Å². The molecule has 3 N–H and O–H groups in total. The van der Waals surface area contributed by atoms with Crippen molar-refractivity contribution in [1.29, 1.82) is 0 Å². The third-order valence-electron chi connectivity index (χ3n) is 2.68. The molecule has 106 valence electrons. The fraction of sp³-hybridized carbons (Fsp3) is 0.417. The molecule has 0 amide bonds. The maximum absolute atomic E-state index is 12.1. The van der Waals surface area contributed by atoms with E-state index in [1.807, 2.05) is 0 Å². The number of carboxylic acid groups (broad SMARTS) is 1. The van der Waals surface area contributed by atoms with Crippen molar-refractivity contribution in [2.24, 2.45) is 5.92 Å². The number of aliphatic carboxylic acids is 1. The number of sulfonamides is 1. The number of carboxylic acids is 1. The Morgan fingerprint density at radius 2 is 1.89 bits per heavy atom. The molecule has 0 fully saturated rings. The number of phenols is 1. The van der Waals surface area contributed by atoms with Crippen LogP contribution in [0.4, 0.5) is 0 Å². The summed E-state index contributed by atoms with van der Waals surface area (Å²) >= 11 is 0. The molecule has 0 aliphatic heterocycles. The van der Waals surface area contributed by atoms with Gasteiger partial charge in [-0.05, 0) is 24.5 Å². The lowest BCUT2D eigenvalue weighted by atomic mass is 10.1. The first-order valence-corrected chi connectivity index (χ1v) is 7.18. The van der Waals surface area contributed by atoms with E-state index < -0.39 is 28.0 Å². The van der Waals surface area contributed by atoms with Crippen LogP contribution in [0.15, 0.2) is 23.1 Å². The van der Waals surface area contributed by atoms with Gasteiger partial charge in [-0.25, -0.2) is 8.42 Å². The van der Waals surface area contributed by atoms with Crippen molar-refractivity contribution in [3.05, 3.63) is 23.8 Å². The minimum Gasteiger partial charge on any atom is -0.508 e. The van der Waals surface area contributed by atoms with E-state index in [1.54, 1.807) is 20.8 Å². The average molecular weight is 287 g/mol. The Morgan fingerprint density at radius 1 is 1.32 bits per heavy atom. The molecule has 0 aliphatic rings. The highest BCUT2D eigenvalue weighted by Gasteiger charge is 2.28. The van der Waals surface area contributed by atoms with Crippen molar-refractivity contribution < 1.29 is 23.4 Å². The number of benzene rings is 1. The molecular weight excluding hydrogens is 270 g/mol. The maximum Gasteiger partial charge on any atom is 0.322 e. The molecule has 0 radical (unpaired) electrons. The Hall–Kier alpha value is -1.60. The second kappa shape index (κ2) is 5.58. The standard InChI is InChI=1S/C12H17NO5S/c1-7(2)11(12(15)16)13-19(17,18)10-6-9(14)5-4-8(10)3/h4-7,11,13-14H,1-3H3,(H,15,16)/t11-/m0/s1. The molecule has 1 aromatic rings.